The first-order valence-corrected chi connectivity index (χ1v) is 11.1. The summed E-state index contributed by atoms with van der Waals surface area (Å²) < 4.78 is 29.1. The number of nitrogens with zero attached hydrogens (tertiary/aromatic N) is 2. The molecule has 0 atom stereocenters. The van der Waals surface area contributed by atoms with Crippen LogP contribution in [0.5, 0.6) is 0 Å². The lowest BCUT2D eigenvalue weighted by atomic mass is 10.2. The van der Waals surface area contributed by atoms with Gasteiger partial charge in [-0.1, -0.05) is 40.2 Å². The van der Waals surface area contributed by atoms with E-state index in [0.717, 1.165) is 22.2 Å². The van der Waals surface area contributed by atoms with Crippen molar-refractivity contribution in [1.82, 2.24) is 0 Å². The van der Waals surface area contributed by atoms with Gasteiger partial charge in [0.15, 0.2) is 0 Å². The molecule has 0 unspecified atom stereocenters. The van der Waals surface area contributed by atoms with E-state index >= 15 is 0 Å². The number of carboxylic acid groups (broad SMARTS) is 1. The molecule has 10 nitrogen and oxygen atoms in total. The number of anilines is 2. The topological polar surface area (TPSA) is 151 Å². The minimum absolute atomic E-state index is 0.0377. The number of nitro groups is 1. The van der Waals surface area contributed by atoms with E-state index in [1.165, 1.54) is 36.5 Å². The second-order valence-electron chi connectivity index (χ2n) is 6.32. The summed E-state index contributed by atoms with van der Waals surface area (Å²) in [6.07, 6.45) is 1.44. The Morgan fingerprint density at radius 1 is 1.06 bits per heavy atom. The summed E-state index contributed by atoms with van der Waals surface area (Å²) in [5.74, 6) is -1.33. The Morgan fingerprint density at radius 2 is 1.75 bits per heavy atom. The fourth-order valence-electron chi connectivity index (χ4n) is 2.62. The lowest BCUT2D eigenvalue weighted by Gasteiger charge is -2.13. The van der Waals surface area contributed by atoms with Crippen molar-refractivity contribution in [2.24, 2.45) is 5.10 Å². The van der Waals surface area contributed by atoms with Crippen LogP contribution in [0.2, 0.25) is 0 Å². The number of para-hydroxylation sites is 1. The lowest BCUT2D eigenvalue weighted by Crippen LogP contribution is -2.17. The normalized spacial score (nSPS) is 11.3. The first kappa shape index (κ1) is 22.9. The highest BCUT2D eigenvalue weighted by Gasteiger charge is 2.24. The van der Waals surface area contributed by atoms with E-state index in [-0.39, 0.29) is 16.9 Å². The van der Waals surface area contributed by atoms with Crippen molar-refractivity contribution >= 4 is 55.2 Å². The van der Waals surface area contributed by atoms with Crippen LogP contribution in [0.4, 0.5) is 17.1 Å². The van der Waals surface area contributed by atoms with Gasteiger partial charge in [0, 0.05) is 16.6 Å². The quantitative estimate of drug-likeness (QED) is 0.228. The zero-order valence-corrected chi connectivity index (χ0v) is 18.5. The Bertz CT molecular complexity index is 1310. The minimum Gasteiger partial charge on any atom is -0.478 e. The number of non-ortho nitro benzene ring substituents is 1. The molecular formula is C20H15BrN4O6S. The van der Waals surface area contributed by atoms with Crippen LogP contribution < -0.4 is 10.1 Å². The van der Waals surface area contributed by atoms with Gasteiger partial charge >= 0.3 is 5.97 Å². The van der Waals surface area contributed by atoms with E-state index in [1.807, 2.05) is 0 Å². The molecular weight excluding hydrogens is 504 g/mol. The van der Waals surface area contributed by atoms with E-state index in [9.17, 15) is 28.4 Å². The number of benzene rings is 3. The van der Waals surface area contributed by atoms with Crippen LogP contribution in [0, 0.1) is 10.1 Å². The van der Waals surface area contributed by atoms with Gasteiger partial charge in [-0.2, -0.15) is 5.10 Å². The van der Waals surface area contributed by atoms with Gasteiger partial charge in [0.2, 0.25) is 0 Å². The predicted molar refractivity (Wildman–Crippen MR) is 123 cm³/mol. The van der Waals surface area contributed by atoms with Crippen LogP contribution >= 0.6 is 15.9 Å². The van der Waals surface area contributed by atoms with Crippen molar-refractivity contribution in [3.8, 4) is 0 Å². The molecule has 0 amide bonds. The van der Waals surface area contributed by atoms with Crippen molar-refractivity contribution in [1.29, 1.82) is 0 Å². The van der Waals surface area contributed by atoms with Gasteiger partial charge in [-0.25, -0.2) is 13.2 Å². The van der Waals surface area contributed by atoms with Crippen molar-refractivity contribution < 1.29 is 23.2 Å². The molecule has 0 heterocycles. The molecule has 0 aromatic heterocycles. The predicted octanol–water partition coefficient (Wildman–Crippen LogP) is 4.30. The summed E-state index contributed by atoms with van der Waals surface area (Å²) in [6.45, 7) is 0. The van der Waals surface area contributed by atoms with Crippen molar-refractivity contribution in [3.63, 3.8) is 0 Å². The molecule has 0 bridgehead atoms. The van der Waals surface area contributed by atoms with Crippen LogP contribution in [0.3, 0.4) is 0 Å². The highest BCUT2D eigenvalue weighted by Crippen LogP contribution is 2.29. The maximum absolute atomic E-state index is 13.0. The average Bonchev–Trinajstić information content (AvgIpc) is 2.75. The standard InChI is InChI=1S/C20H15BrN4O6S/c21-14-7-5-13(6-8-14)12-22-23-18-10-9-15(25(28)29)11-19(18)32(30,31)24-17-4-2-1-3-16(17)20(26)27/h1-12,23-24H,(H,26,27)/b22-12-. The molecule has 3 N–H and O–H groups in total. The maximum atomic E-state index is 13.0. The smallest absolute Gasteiger partial charge is 0.337 e. The summed E-state index contributed by atoms with van der Waals surface area (Å²) in [4.78, 5) is 21.4. The number of hydrogen-bond donors (Lipinski definition) is 3. The number of aromatic carboxylic acids is 1. The highest BCUT2D eigenvalue weighted by atomic mass is 79.9. The summed E-state index contributed by atoms with van der Waals surface area (Å²) >= 11 is 3.32. The lowest BCUT2D eigenvalue weighted by molar-refractivity contribution is -0.385. The van der Waals surface area contributed by atoms with Gasteiger partial charge in [-0.05, 0) is 35.9 Å². The largest absolute Gasteiger partial charge is 0.478 e. The zero-order chi connectivity index (χ0) is 23.3. The molecule has 12 heteroatoms. The second-order valence-corrected chi connectivity index (χ2v) is 8.88. The third kappa shape index (κ3) is 5.47. The molecule has 3 aromatic carbocycles. The van der Waals surface area contributed by atoms with Gasteiger partial charge < -0.3 is 5.11 Å². The Balaban J connectivity index is 1.97. The Hall–Kier alpha value is -3.77. The van der Waals surface area contributed by atoms with Gasteiger partial charge in [-0.3, -0.25) is 20.3 Å². The van der Waals surface area contributed by atoms with E-state index in [4.69, 9.17) is 0 Å². The van der Waals surface area contributed by atoms with Crippen molar-refractivity contribution in [2.45, 2.75) is 4.90 Å². The Morgan fingerprint density at radius 3 is 2.41 bits per heavy atom. The van der Waals surface area contributed by atoms with Gasteiger partial charge in [-0.15, -0.1) is 0 Å². The van der Waals surface area contributed by atoms with Crippen molar-refractivity contribution in [2.75, 3.05) is 10.1 Å². The van der Waals surface area contributed by atoms with Crippen LogP contribution in [0.1, 0.15) is 15.9 Å². The average molecular weight is 519 g/mol. The van der Waals surface area contributed by atoms with Gasteiger partial charge in [0.05, 0.1) is 28.1 Å². The highest BCUT2D eigenvalue weighted by molar-refractivity contribution is 9.10. The molecule has 0 aliphatic rings. The fourth-order valence-corrected chi connectivity index (χ4v) is 4.14. The van der Waals surface area contributed by atoms with Crippen LogP contribution in [0.15, 0.2) is 81.2 Å². The first-order valence-electron chi connectivity index (χ1n) is 8.85. The summed E-state index contributed by atoms with van der Waals surface area (Å²) in [6, 6.07) is 15.7. The van der Waals surface area contributed by atoms with Crippen LogP contribution in [-0.2, 0) is 10.0 Å². The van der Waals surface area contributed by atoms with E-state index in [1.54, 1.807) is 24.3 Å². The molecule has 3 aromatic rings. The maximum Gasteiger partial charge on any atom is 0.337 e. The molecule has 0 aliphatic carbocycles. The minimum atomic E-state index is -4.42. The molecule has 32 heavy (non-hydrogen) atoms. The van der Waals surface area contributed by atoms with E-state index in [0.29, 0.717) is 0 Å². The number of sulfonamides is 1. The molecule has 164 valence electrons. The third-order valence-electron chi connectivity index (χ3n) is 4.14. The second kappa shape index (κ2) is 9.58. The first-order chi connectivity index (χ1) is 15.2. The van der Waals surface area contributed by atoms with Crippen molar-refractivity contribution in [3.05, 3.63) is 92.4 Å². The van der Waals surface area contributed by atoms with Gasteiger partial charge in [0.25, 0.3) is 15.7 Å². The van der Waals surface area contributed by atoms with E-state index in [2.05, 4.69) is 31.2 Å². The van der Waals surface area contributed by atoms with Crippen LogP contribution in [0.25, 0.3) is 0 Å². The number of nitro benzene ring substituents is 1. The zero-order valence-electron chi connectivity index (χ0n) is 16.1. The molecule has 0 aliphatic heterocycles. The number of carbonyl (C=O) groups is 1. The fraction of sp³-hybridized carbons (Fsp3) is 0. The SMILES string of the molecule is O=C(O)c1ccccc1NS(=O)(=O)c1cc([N+](=O)[O-])ccc1N/N=C\c1ccc(Br)cc1. The number of nitrogens with one attached hydrogen (secondary N) is 2. The molecule has 0 radical (unpaired) electrons. The Kier molecular flexibility index (Phi) is 6.85. The van der Waals surface area contributed by atoms with Crippen LogP contribution in [-0.4, -0.2) is 30.6 Å². The third-order valence-corrected chi connectivity index (χ3v) is 6.07. The molecule has 0 saturated heterocycles. The molecule has 0 spiro atoms. The number of hydrazone groups is 1. The monoisotopic (exact) mass is 518 g/mol. The molecule has 0 saturated carbocycles. The number of carboxylic acids is 1. The van der Waals surface area contributed by atoms with E-state index < -0.39 is 31.5 Å². The summed E-state index contributed by atoms with van der Waals surface area (Å²) in [5.41, 5.74) is 2.34. The number of halogens is 1. The number of rotatable bonds is 8. The summed E-state index contributed by atoms with van der Waals surface area (Å²) in [5, 5.41) is 24.5. The summed E-state index contributed by atoms with van der Waals surface area (Å²) in [7, 11) is -4.42. The number of hydrogen-bond acceptors (Lipinski definition) is 7. The van der Waals surface area contributed by atoms with Gasteiger partial charge in [0.1, 0.15) is 4.90 Å². The molecule has 3 rings (SSSR count). The Labute approximate surface area is 190 Å². The molecule has 0 fully saturated rings.